The van der Waals surface area contributed by atoms with E-state index < -0.39 is 5.97 Å². The van der Waals surface area contributed by atoms with Crippen molar-refractivity contribution in [2.75, 3.05) is 0 Å². The van der Waals surface area contributed by atoms with E-state index in [0.717, 1.165) is 11.1 Å². The second-order valence-corrected chi connectivity index (χ2v) is 4.95. The fourth-order valence-corrected chi connectivity index (χ4v) is 2.67. The lowest BCUT2D eigenvalue weighted by atomic mass is 10.0. The van der Waals surface area contributed by atoms with Crippen LogP contribution in [0.4, 0.5) is 0 Å². The zero-order valence-corrected chi connectivity index (χ0v) is 10.1. The summed E-state index contributed by atoms with van der Waals surface area (Å²) in [5.74, 6) is -0.984. The van der Waals surface area contributed by atoms with Crippen LogP contribution in [0, 0.1) is 6.92 Å². The molecule has 0 bridgehead atoms. The molecule has 2 nitrogen and oxygen atoms in total. The molecule has 0 aliphatic carbocycles. The minimum absolute atomic E-state index is 0.192. The number of halogens is 1. The monoisotopic (exact) mass is 252 g/mol. The third kappa shape index (κ3) is 1.96. The normalized spacial score (nSPS) is 10.4. The smallest absolute Gasteiger partial charge is 0.338 e. The van der Waals surface area contributed by atoms with Crippen LogP contribution in [0.2, 0.25) is 4.34 Å². The highest BCUT2D eigenvalue weighted by Crippen LogP contribution is 2.35. The van der Waals surface area contributed by atoms with E-state index in [0.29, 0.717) is 9.90 Å². The van der Waals surface area contributed by atoms with Crippen molar-refractivity contribution in [2.45, 2.75) is 6.92 Å². The van der Waals surface area contributed by atoms with E-state index in [1.807, 2.05) is 31.2 Å². The molecular formula is C12H9ClO2S. The van der Waals surface area contributed by atoms with Gasteiger partial charge in [0.15, 0.2) is 0 Å². The summed E-state index contributed by atoms with van der Waals surface area (Å²) in [7, 11) is 0. The second kappa shape index (κ2) is 4.28. The molecule has 4 heteroatoms. The number of carboxylic acid groups (broad SMARTS) is 1. The fourth-order valence-electron chi connectivity index (χ4n) is 1.56. The van der Waals surface area contributed by atoms with Crippen molar-refractivity contribution < 1.29 is 9.90 Å². The minimum Gasteiger partial charge on any atom is -0.478 e. The van der Waals surface area contributed by atoms with E-state index in [4.69, 9.17) is 16.7 Å². The number of rotatable bonds is 2. The molecule has 0 aliphatic heterocycles. The van der Waals surface area contributed by atoms with Gasteiger partial charge in [0.1, 0.15) is 4.34 Å². The molecule has 0 radical (unpaired) electrons. The van der Waals surface area contributed by atoms with Gasteiger partial charge >= 0.3 is 5.97 Å². The zero-order valence-electron chi connectivity index (χ0n) is 8.53. The summed E-state index contributed by atoms with van der Waals surface area (Å²) in [5, 5.41) is 10.9. The Morgan fingerprint density at radius 1 is 1.44 bits per heavy atom. The predicted octanol–water partition coefficient (Wildman–Crippen LogP) is 4.08. The van der Waals surface area contributed by atoms with Crippen molar-refractivity contribution in [3.05, 3.63) is 45.1 Å². The Kier molecular flexibility index (Phi) is 2.99. The minimum atomic E-state index is -0.984. The maximum atomic E-state index is 11.1. The number of aryl methyl sites for hydroxylation is 1. The summed E-state index contributed by atoms with van der Waals surface area (Å²) < 4.78 is 0.323. The zero-order chi connectivity index (χ0) is 11.7. The Labute approximate surface area is 102 Å². The SMILES string of the molecule is Cc1cccc(-c2csc(Cl)c2C(=O)O)c1. The predicted molar refractivity (Wildman–Crippen MR) is 66.5 cm³/mol. The third-order valence-electron chi connectivity index (χ3n) is 2.29. The van der Waals surface area contributed by atoms with Crippen molar-refractivity contribution in [3.63, 3.8) is 0 Å². The first-order chi connectivity index (χ1) is 7.59. The first-order valence-electron chi connectivity index (χ1n) is 4.67. The number of benzene rings is 1. The molecule has 82 valence electrons. The van der Waals surface area contributed by atoms with Crippen LogP contribution in [0.25, 0.3) is 11.1 Å². The van der Waals surface area contributed by atoms with Gasteiger partial charge in [0.05, 0.1) is 5.56 Å². The van der Waals surface area contributed by atoms with Crippen LogP contribution in [0.15, 0.2) is 29.6 Å². The lowest BCUT2D eigenvalue weighted by Gasteiger charge is -2.02. The average Bonchev–Trinajstić information content (AvgIpc) is 2.60. The van der Waals surface area contributed by atoms with Crippen molar-refractivity contribution in [1.82, 2.24) is 0 Å². The highest BCUT2D eigenvalue weighted by Gasteiger charge is 2.17. The van der Waals surface area contributed by atoms with Gasteiger partial charge in [-0.1, -0.05) is 41.4 Å². The van der Waals surface area contributed by atoms with Crippen LogP contribution in [0.1, 0.15) is 15.9 Å². The van der Waals surface area contributed by atoms with Crippen molar-refractivity contribution in [3.8, 4) is 11.1 Å². The van der Waals surface area contributed by atoms with E-state index in [2.05, 4.69) is 0 Å². The van der Waals surface area contributed by atoms with E-state index in [1.54, 1.807) is 5.38 Å². The van der Waals surface area contributed by atoms with Gasteiger partial charge in [0.2, 0.25) is 0 Å². The molecule has 1 aromatic heterocycles. The molecule has 0 spiro atoms. The summed E-state index contributed by atoms with van der Waals surface area (Å²) in [4.78, 5) is 11.1. The molecular weight excluding hydrogens is 244 g/mol. The summed E-state index contributed by atoms with van der Waals surface area (Å²) >= 11 is 7.11. The topological polar surface area (TPSA) is 37.3 Å². The van der Waals surface area contributed by atoms with E-state index in [-0.39, 0.29) is 5.56 Å². The second-order valence-electron chi connectivity index (χ2n) is 3.47. The van der Waals surface area contributed by atoms with E-state index in [9.17, 15) is 4.79 Å². The summed E-state index contributed by atoms with van der Waals surface area (Å²) in [6.45, 7) is 1.97. The Balaban J connectivity index is 2.60. The summed E-state index contributed by atoms with van der Waals surface area (Å²) in [6.07, 6.45) is 0. The van der Waals surface area contributed by atoms with Gasteiger partial charge in [-0.05, 0) is 12.5 Å². The molecule has 0 saturated carbocycles. The Bertz CT molecular complexity index is 546. The molecule has 0 saturated heterocycles. The molecule has 16 heavy (non-hydrogen) atoms. The molecule has 0 fully saturated rings. The maximum Gasteiger partial charge on any atom is 0.338 e. The van der Waals surface area contributed by atoms with E-state index in [1.165, 1.54) is 11.3 Å². The standard InChI is InChI=1S/C12H9ClO2S/c1-7-3-2-4-8(5-7)9-6-16-11(13)10(9)12(14)15/h2-6H,1H3,(H,14,15). The number of hydrogen-bond donors (Lipinski definition) is 1. The molecule has 1 N–H and O–H groups in total. The number of aromatic carboxylic acids is 1. The van der Waals surface area contributed by atoms with Crippen molar-refractivity contribution in [2.24, 2.45) is 0 Å². The van der Waals surface area contributed by atoms with Crippen LogP contribution in [0.5, 0.6) is 0 Å². The maximum absolute atomic E-state index is 11.1. The van der Waals surface area contributed by atoms with Crippen LogP contribution in [0.3, 0.4) is 0 Å². The lowest BCUT2D eigenvalue weighted by molar-refractivity contribution is 0.0698. The third-order valence-corrected chi connectivity index (χ3v) is 3.51. The van der Waals surface area contributed by atoms with Crippen LogP contribution >= 0.6 is 22.9 Å². The molecule has 0 atom stereocenters. The molecule has 1 heterocycles. The highest BCUT2D eigenvalue weighted by molar-refractivity contribution is 7.15. The van der Waals surface area contributed by atoms with Gasteiger partial charge in [-0.2, -0.15) is 0 Å². The van der Waals surface area contributed by atoms with E-state index >= 15 is 0 Å². The first-order valence-corrected chi connectivity index (χ1v) is 5.92. The Morgan fingerprint density at radius 3 is 2.81 bits per heavy atom. The van der Waals surface area contributed by atoms with Crippen LogP contribution < -0.4 is 0 Å². The Morgan fingerprint density at radius 2 is 2.19 bits per heavy atom. The van der Waals surface area contributed by atoms with Gasteiger partial charge in [-0.25, -0.2) is 4.79 Å². The number of thiophene rings is 1. The van der Waals surface area contributed by atoms with Gasteiger partial charge in [-0.3, -0.25) is 0 Å². The molecule has 2 rings (SSSR count). The van der Waals surface area contributed by atoms with Crippen LogP contribution in [-0.2, 0) is 0 Å². The summed E-state index contributed by atoms with van der Waals surface area (Å²) in [6, 6.07) is 7.71. The number of hydrogen-bond acceptors (Lipinski definition) is 2. The van der Waals surface area contributed by atoms with Gasteiger partial charge in [0.25, 0.3) is 0 Å². The van der Waals surface area contributed by atoms with Gasteiger partial charge < -0.3 is 5.11 Å². The summed E-state index contributed by atoms with van der Waals surface area (Å²) in [5.41, 5.74) is 2.86. The quantitative estimate of drug-likeness (QED) is 0.875. The molecule has 0 unspecified atom stereocenters. The fraction of sp³-hybridized carbons (Fsp3) is 0.0833. The molecule has 0 amide bonds. The van der Waals surface area contributed by atoms with Gasteiger partial charge in [0, 0.05) is 10.9 Å². The molecule has 2 aromatic rings. The largest absolute Gasteiger partial charge is 0.478 e. The number of carboxylic acids is 1. The first kappa shape index (κ1) is 11.2. The lowest BCUT2D eigenvalue weighted by Crippen LogP contribution is -1.97. The molecule has 0 aliphatic rings. The van der Waals surface area contributed by atoms with Crippen molar-refractivity contribution >= 4 is 28.9 Å². The molecule has 1 aromatic carbocycles. The van der Waals surface area contributed by atoms with Gasteiger partial charge in [-0.15, -0.1) is 11.3 Å². The van der Waals surface area contributed by atoms with Crippen molar-refractivity contribution in [1.29, 1.82) is 0 Å². The average molecular weight is 253 g/mol. The highest BCUT2D eigenvalue weighted by atomic mass is 35.5. The number of carbonyl (C=O) groups is 1. The van der Waals surface area contributed by atoms with Crippen LogP contribution in [-0.4, -0.2) is 11.1 Å². The Hall–Kier alpha value is -1.32.